The van der Waals surface area contributed by atoms with Gasteiger partial charge in [-0.05, 0) is 54.7 Å². The Bertz CT molecular complexity index is 1020. The van der Waals surface area contributed by atoms with E-state index in [1.807, 2.05) is 18.2 Å². The molecule has 0 amide bonds. The SMILES string of the molecule is CC(C)C(OC[C@H](O)CNC(C)(C)Cc1ccc2ccccc2c1)c1c(Cl)cccc1Cl.Cl. The van der Waals surface area contributed by atoms with Crippen LogP contribution in [-0.4, -0.2) is 29.9 Å². The summed E-state index contributed by atoms with van der Waals surface area (Å²) in [5, 5.41) is 17.7. The van der Waals surface area contributed by atoms with Crippen LogP contribution in [0.1, 0.15) is 44.9 Å². The van der Waals surface area contributed by atoms with Gasteiger partial charge in [0.05, 0.1) is 18.8 Å². The first-order valence-corrected chi connectivity index (χ1v) is 11.9. The van der Waals surface area contributed by atoms with E-state index >= 15 is 0 Å². The van der Waals surface area contributed by atoms with Crippen molar-refractivity contribution >= 4 is 46.4 Å². The van der Waals surface area contributed by atoms with Crippen LogP contribution < -0.4 is 5.32 Å². The fourth-order valence-corrected chi connectivity index (χ4v) is 4.59. The van der Waals surface area contributed by atoms with E-state index in [2.05, 4.69) is 75.5 Å². The monoisotopic (exact) mass is 509 g/mol. The molecule has 0 heterocycles. The summed E-state index contributed by atoms with van der Waals surface area (Å²) in [5.74, 6) is 0.164. The van der Waals surface area contributed by atoms with Crippen molar-refractivity contribution < 1.29 is 9.84 Å². The molecule has 0 aliphatic heterocycles. The third-order valence-corrected chi connectivity index (χ3v) is 6.29. The van der Waals surface area contributed by atoms with E-state index in [1.54, 1.807) is 0 Å². The Labute approximate surface area is 213 Å². The standard InChI is InChI=1S/C27H33Cl2NO2.ClH/c1-18(2)26(25-23(28)10-7-11-24(25)29)32-17-22(31)16-30-27(3,4)15-19-12-13-20-8-5-6-9-21(20)14-19;/h5-14,18,22,26,30-31H,15-17H2,1-4H3;1H/t22-,26?;/m1./s1. The zero-order valence-corrected chi connectivity index (χ0v) is 22.0. The second-order valence-electron chi connectivity index (χ2n) is 9.41. The highest BCUT2D eigenvalue weighted by Gasteiger charge is 2.24. The summed E-state index contributed by atoms with van der Waals surface area (Å²) in [6.07, 6.45) is -0.0697. The molecule has 0 saturated carbocycles. The minimum absolute atomic E-state index is 0. The Balaban J connectivity index is 0.00000385. The molecule has 0 fully saturated rings. The number of β-amino-alcohol motifs (C(OH)–C–C–N with tert-alkyl or cyclic N) is 1. The molecule has 6 heteroatoms. The van der Waals surface area contributed by atoms with Gasteiger partial charge in [0.1, 0.15) is 0 Å². The minimum atomic E-state index is -0.645. The minimum Gasteiger partial charge on any atom is -0.389 e. The molecule has 0 aliphatic carbocycles. The predicted molar refractivity (Wildman–Crippen MR) is 143 cm³/mol. The van der Waals surface area contributed by atoms with Crippen molar-refractivity contribution in [1.29, 1.82) is 0 Å². The van der Waals surface area contributed by atoms with Crippen LogP contribution in [0.2, 0.25) is 10.0 Å². The third-order valence-electron chi connectivity index (χ3n) is 5.63. The van der Waals surface area contributed by atoms with Gasteiger partial charge < -0.3 is 15.2 Å². The Morgan fingerprint density at radius 1 is 0.939 bits per heavy atom. The van der Waals surface area contributed by atoms with Crippen LogP contribution in [0.15, 0.2) is 60.7 Å². The molecule has 3 rings (SSSR count). The third kappa shape index (κ3) is 7.85. The fraction of sp³-hybridized carbons (Fsp3) is 0.407. The Hall–Kier alpha value is -1.33. The maximum absolute atomic E-state index is 10.6. The summed E-state index contributed by atoms with van der Waals surface area (Å²) in [6, 6.07) is 20.4. The lowest BCUT2D eigenvalue weighted by Gasteiger charge is -2.29. The number of benzene rings is 3. The Morgan fingerprint density at radius 3 is 2.21 bits per heavy atom. The first-order valence-electron chi connectivity index (χ1n) is 11.1. The Kier molecular flexibility index (Phi) is 10.5. The lowest BCUT2D eigenvalue weighted by atomic mass is 9.93. The summed E-state index contributed by atoms with van der Waals surface area (Å²) in [4.78, 5) is 0. The second-order valence-corrected chi connectivity index (χ2v) is 10.2. The molecule has 33 heavy (non-hydrogen) atoms. The zero-order valence-electron chi connectivity index (χ0n) is 19.6. The summed E-state index contributed by atoms with van der Waals surface area (Å²) in [7, 11) is 0. The van der Waals surface area contributed by atoms with Crippen LogP contribution in [0.4, 0.5) is 0 Å². The quantitative estimate of drug-likeness (QED) is 0.302. The van der Waals surface area contributed by atoms with Gasteiger partial charge in [-0.3, -0.25) is 0 Å². The lowest BCUT2D eigenvalue weighted by molar-refractivity contribution is -0.0308. The number of halogens is 3. The van der Waals surface area contributed by atoms with Crippen LogP contribution in [0.3, 0.4) is 0 Å². The van der Waals surface area contributed by atoms with E-state index in [0.717, 1.165) is 12.0 Å². The van der Waals surface area contributed by atoms with Crippen LogP contribution >= 0.6 is 35.6 Å². The highest BCUT2D eigenvalue weighted by atomic mass is 35.5. The van der Waals surface area contributed by atoms with Crippen molar-refractivity contribution in [2.75, 3.05) is 13.2 Å². The molecule has 3 nitrogen and oxygen atoms in total. The van der Waals surface area contributed by atoms with E-state index in [1.165, 1.54) is 16.3 Å². The fourth-order valence-electron chi connectivity index (χ4n) is 3.98. The van der Waals surface area contributed by atoms with E-state index < -0.39 is 6.10 Å². The maximum atomic E-state index is 10.6. The summed E-state index contributed by atoms with van der Waals surface area (Å²) in [6.45, 7) is 9.04. The summed E-state index contributed by atoms with van der Waals surface area (Å²) < 4.78 is 6.09. The van der Waals surface area contributed by atoms with Crippen molar-refractivity contribution in [3.63, 3.8) is 0 Å². The molecule has 0 spiro atoms. The van der Waals surface area contributed by atoms with Gasteiger partial charge in [-0.1, -0.05) is 85.6 Å². The largest absolute Gasteiger partial charge is 0.389 e. The normalized spacial score (nSPS) is 13.7. The van der Waals surface area contributed by atoms with Gasteiger partial charge in [-0.2, -0.15) is 0 Å². The second kappa shape index (κ2) is 12.4. The van der Waals surface area contributed by atoms with Crippen molar-refractivity contribution in [1.82, 2.24) is 5.32 Å². The summed E-state index contributed by atoms with van der Waals surface area (Å²) in [5.41, 5.74) is 1.87. The zero-order chi connectivity index (χ0) is 23.3. The molecule has 0 bridgehead atoms. The number of rotatable bonds is 10. The van der Waals surface area contributed by atoms with Crippen LogP contribution in [0, 0.1) is 5.92 Å². The van der Waals surface area contributed by atoms with Crippen molar-refractivity contribution in [2.24, 2.45) is 5.92 Å². The van der Waals surface area contributed by atoms with E-state index in [4.69, 9.17) is 27.9 Å². The van der Waals surface area contributed by atoms with E-state index in [9.17, 15) is 5.11 Å². The number of fused-ring (bicyclic) bond motifs is 1. The van der Waals surface area contributed by atoms with Gasteiger partial charge in [0.15, 0.2) is 0 Å². The van der Waals surface area contributed by atoms with E-state index in [0.29, 0.717) is 16.6 Å². The van der Waals surface area contributed by atoms with Crippen molar-refractivity contribution in [3.8, 4) is 0 Å². The first-order chi connectivity index (χ1) is 15.2. The number of aliphatic hydroxyl groups excluding tert-OH is 1. The molecule has 0 aliphatic rings. The molecular formula is C27H34Cl3NO2. The molecular weight excluding hydrogens is 477 g/mol. The molecule has 0 aromatic heterocycles. The van der Waals surface area contributed by atoms with E-state index in [-0.39, 0.29) is 36.6 Å². The molecule has 0 saturated heterocycles. The number of hydrogen-bond acceptors (Lipinski definition) is 3. The molecule has 3 aromatic carbocycles. The molecule has 1 unspecified atom stereocenters. The predicted octanol–water partition coefficient (Wildman–Crippen LogP) is 7.25. The van der Waals surface area contributed by atoms with Gasteiger partial charge in [-0.15, -0.1) is 12.4 Å². The van der Waals surface area contributed by atoms with Crippen LogP contribution in [-0.2, 0) is 11.2 Å². The average Bonchev–Trinajstić information content (AvgIpc) is 2.73. The smallest absolute Gasteiger partial charge is 0.0898 e. The van der Waals surface area contributed by atoms with Gasteiger partial charge in [-0.25, -0.2) is 0 Å². The van der Waals surface area contributed by atoms with Crippen LogP contribution in [0.5, 0.6) is 0 Å². The molecule has 3 aromatic rings. The molecule has 180 valence electrons. The van der Waals surface area contributed by atoms with Crippen molar-refractivity contribution in [3.05, 3.63) is 81.8 Å². The number of hydrogen-bond donors (Lipinski definition) is 2. The maximum Gasteiger partial charge on any atom is 0.0898 e. The molecule has 0 radical (unpaired) electrons. The van der Waals surface area contributed by atoms with Gasteiger partial charge in [0.25, 0.3) is 0 Å². The molecule has 2 atom stereocenters. The lowest BCUT2D eigenvalue weighted by Crippen LogP contribution is -2.46. The van der Waals surface area contributed by atoms with Crippen LogP contribution in [0.25, 0.3) is 10.8 Å². The number of ether oxygens (including phenoxy) is 1. The van der Waals surface area contributed by atoms with Gasteiger partial charge in [0, 0.05) is 27.7 Å². The number of nitrogens with one attached hydrogen (secondary N) is 1. The molecule has 2 N–H and O–H groups in total. The van der Waals surface area contributed by atoms with Crippen molar-refractivity contribution in [2.45, 2.75) is 51.9 Å². The highest BCUT2D eigenvalue weighted by Crippen LogP contribution is 2.36. The Morgan fingerprint density at radius 2 is 1.58 bits per heavy atom. The summed E-state index contributed by atoms with van der Waals surface area (Å²) >= 11 is 12.8. The number of aliphatic hydroxyl groups is 1. The van der Waals surface area contributed by atoms with Gasteiger partial charge >= 0.3 is 0 Å². The first kappa shape index (κ1) is 27.9. The average molecular weight is 511 g/mol. The highest BCUT2D eigenvalue weighted by molar-refractivity contribution is 6.36. The van der Waals surface area contributed by atoms with Gasteiger partial charge in [0.2, 0.25) is 0 Å². The topological polar surface area (TPSA) is 41.5 Å².